The van der Waals surface area contributed by atoms with E-state index in [1.54, 1.807) is 24.1 Å². The van der Waals surface area contributed by atoms with E-state index in [2.05, 4.69) is 10.2 Å². The lowest BCUT2D eigenvalue weighted by atomic mass is 9.97. The van der Waals surface area contributed by atoms with Gasteiger partial charge in [0, 0.05) is 25.0 Å². The number of amides is 1. The van der Waals surface area contributed by atoms with Crippen molar-refractivity contribution in [2.45, 2.75) is 26.2 Å². The van der Waals surface area contributed by atoms with Crippen molar-refractivity contribution in [1.29, 1.82) is 0 Å². The van der Waals surface area contributed by atoms with E-state index in [0.717, 1.165) is 5.69 Å². The molecule has 0 saturated carbocycles. The molecule has 6 nitrogen and oxygen atoms in total. The topological polar surface area (TPSA) is 75.3 Å². The number of nitrogens with one attached hydrogen (secondary N) is 1. The Morgan fingerprint density at radius 1 is 1.47 bits per heavy atom. The third-order valence-electron chi connectivity index (χ3n) is 3.37. The summed E-state index contributed by atoms with van der Waals surface area (Å²) in [5.41, 5.74) is 0.817. The number of H-pyrrole nitrogens is 1. The van der Waals surface area contributed by atoms with Crippen LogP contribution in [0, 0.1) is 5.92 Å². The van der Waals surface area contributed by atoms with Crippen molar-refractivity contribution >= 4 is 11.9 Å². The number of rotatable bonds is 4. The van der Waals surface area contributed by atoms with Crippen LogP contribution in [0.1, 0.15) is 25.5 Å². The predicted octanol–water partition coefficient (Wildman–Crippen LogP) is 0.754. The zero-order valence-electron chi connectivity index (χ0n) is 11.1. The molecule has 104 valence electrons. The normalized spacial score (nSPS) is 16.4. The Morgan fingerprint density at radius 3 is 2.79 bits per heavy atom. The molecule has 0 aliphatic carbocycles. The quantitative estimate of drug-likeness (QED) is 0.815. The molecule has 1 aliphatic heterocycles. The van der Waals surface area contributed by atoms with E-state index >= 15 is 0 Å². The van der Waals surface area contributed by atoms with Crippen LogP contribution >= 0.6 is 0 Å². The maximum Gasteiger partial charge on any atom is 0.309 e. The van der Waals surface area contributed by atoms with Crippen LogP contribution in [-0.2, 0) is 20.7 Å². The van der Waals surface area contributed by atoms with Gasteiger partial charge in [0.25, 0.3) is 0 Å². The van der Waals surface area contributed by atoms with Gasteiger partial charge in [0.1, 0.15) is 0 Å². The number of nitrogens with zero attached hydrogens (tertiary/aromatic N) is 2. The minimum absolute atomic E-state index is 0.0591. The number of piperidine rings is 1. The van der Waals surface area contributed by atoms with Gasteiger partial charge in [-0.2, -0.15) is 5.10 Å². The van der Waals surface area contributed by atoms with Gasteiger partial charge in [-0.3, -0.25) is 14.7 Å². The van der Waals surface area contributed by atoms with Crippen LogP contribution in [0.2, 0.25) is 0 Å². The van der Waals surface area contributed by atoms with E-state index in [1.807, 2.05) is 0 Å². The molecule has 1 fully saturated rings. The molecule has 0 spiro atoms. The maximum atomic E-state index is 12.0. The van der Waals surface area contributed by atoms with E-state index in [-0.39, 0.29) is 17.8 Å². The van der Waals surface area contributed by atoms with Crippen LogP contribution in [-0.4, -0.2) is 46.7 Å². The van der Waals surface area contributed by atoms with Crippen molar-refractivity contribution < 1.29 is 14.3 Å². The van der Waals surface area contributed by atoms with Crippen LogP contribution in [0.15, 0.2) is 12.3 Å². The molecule has 0 bridgehead atoms. The number of likely N-dealkylation sites (tertiary alicyclic amines) is 1. The average Bonchev–Trinajstić information content (AvgIpc) is 2.92. The van der Waals surface area contributed by atoms with Crippen molar-refractivity contribution in [3.63, 3.8) is 0 Å². The average molecular weight is 265 g/mol. The Bertz CT molecular complexity index is 422. The zero-order valence-corrected chi connectivity index (χ0v) is 11.1. The molecular formula is C13H19N3O3. The number of esters is 1. The fraction of sp³-hybridized carbons (Fsp3) is 0.615. The molecule has 0 aromatic carbocycles. The summed E-state index contributed by atoms with van der Waals surface area (Å²) in [6.45, 7) is 3.46. The van der Waals surface area contributed by atoms with Crippen molar-refractivity contribution in [2.75, 3.05) is 19.7 Å². The Morgan fingerprint density at radius 2 is 2.21 bits per heavy atom. The first kappa shape index (κ1) is 13.6. The number of hydrogen-bond acceptors (Lipinski definition) is 4. The van der Waals surface area contributed by atoms with Crippen molar-refractivity contribution in [3.8, 4) is 0 Å². The van der Waals surface area contributed by atoms with Crippen molar-refractivity contribution in [1.82, 2.24) is 15.1 Å². The Hall–Kier alpha value is -1.85. The monoisotopic (exact) mass is 265 g/mol. The SMILES string of the molecule is CCOC(=O)C1CCN(C(=O)Cc2ccn[nH]2)CC1. The number of aromatic nitrogens is 2. The van der Waals surface area contributed by atoms with E-state index in [0.29, 0.717) is 39.0 Å². The molecular weight excluding hydrogens is 246 g/mol. The van der Waals surface area contributed by atoms with Crippen LogP contribution in [0.4, 0.5) is 0 Å². The second-order valence-electron chi connectivity index (χ2n) is 4.67. The van der Waals surface area contributed by atoms with E-state index in [4.69, 9.17) is 4.74 Å². The number of aromatic amines is 1. The molecule has 0 atom stereocenters. The Balaban J connectivity index is 1.79. The zero-order chi connectivity index (χ0) is 13.7. The molecule has 1 aliphatic rings. The summed E-state index contributed by atoms with van der Waals surface area (Å²) in [5.74, 6) is -0.120. The Labute approximate surface area is 112 Å². The van der Waals surface area contributed by atoms with Crippen LogP contribution in [0.5, 0.6) is 0 Å². The fourth-order valence-corrected chi connectivity index (χ4v) is 2.28. The first-order valence-electron chi connectivity index (χ1n) is 6.63. The summed E-state index contributed by atoms with van der Waals surface area (Å²) in [6, 6.07) is 1.79. The number of ether oxygens (including phenoxy) is 1. The van der Waals surface area contributed by atoms with E-state index < -0.39 is 0 Å². The fourth-order valence-electron chi connectivity index (χ4n) is 2.28. The van der Waals surface area contributed by atoms with Gasteiger partial charge in [-0.1, -0.05) is 0 Å². The molecule has 1 saturated heterocycles. The van der Waals surface area contributed by atoms with Gasteiger partial charge in [0.15, 0.2) is 0 Å². The van der Waals surface area contributed by atoms with Gasteiger partial charge >= 0.3 is 5.97 Å². The van der Waals surface area contributed by atoms with Gasteiger partial charge in [-0.05, 0) is 25.8 Å². The summed E-state index contributed by atoms with van der Waals surface area (Å²) >= 11 is 0. The molecule has 2 rings (SSSR count). The highest BCUT2D eigenvalue weighted by molar-refractivity contribution is 5.79. The van der Waals surface area contributed by atoms with Gasteiger partial charge < -0.3 is 9.64 Å². The van der Waals surface area contributed by atoms with Crippen molar-refractivity contribution in [3.05, 3.63) is 18.0 Å². The largest absolute Gasteiger partial charge is 0.466 e. The number of carbonyl (C=O) groups excluding carboxylic acids is 2. The lowest BCUT2D eigenvalue weighted by molar-refractivity contribution is -0.151. The second-order valence-corrected chi connectivity index (χ2v) is 4.67. The summed E-state index contributed by atoms with van der Waals surface area (Å²) in [6.07, 6.45) is 3.35. The molecule has 0 radical (unpaired) electrons. The standard InChI is InChI=1S/C13H19N3O3/c1-2-19-13(18)10-4-7-16(8-5-10)12(17)9-11-3-6-14-15-11/h3,6,10H,2,4-5,7-9H2,1H3,(H,14,15). The summed E-state index contributed by atoms with van der Waals surface area (Å²) in [4.78, 5) is 25.4. The van der Waals surface area contributed by atoms with Crippen LogP contribution < -0.4 is 0 Å². The van der Waals surface area contributed by atoms with Crippen LogP contribution in [0.25, 0.3) is 0 Å². The van der Waals surface area contributed by atoms with E-state index in [9.17, 15) is 9.59 Å². The third kappa shape index (κ3) is 3.56. The molecule has 2 heterocycles. The summed E-state index contributed by atoms with van der Waals surface area (Å²) < 4.78 is 5.01. The molecule has 1 aromatic rings. The Kier molecular flexibility index (Phi) is 4.54. The first-order chi connectivity index (χ1) is 9.20. The van der Waals surface area contributed by atoms with Gasteiger partial charge in [0.05, 0.1) is 18.9 Å². The van der Waals surface area contributed by atoms with Gasteiger partial charge in [0.2, 0.25) is 5.91 Å². The van der Waals surface area contributed by atoms with Gasteiger partial charge in [-0.25, -0.2) is 0 Å². The summed E-state index contributed by atoms with van der Waals surface area (Å²) in [5, 5.41) is 6.60. The number of hydrogen-bond donors (Lipinski definition) is 1. The molecule has 0 unspecified atom stereocenters. The summed E-state index contributed by atoms with van der Waals surface area (Å²) in [7, 11) is 0. The minimum Gasteiger partial charge on any atom is -0.466 e. The highest BCUT2D eigenvalue weighted by atomic mass is 16.5. The maximum absolute atomic E-state index is 12.0. The molecule has 1 amide bonds. The second kappa shape index (κ2) is 6.36. The molecule has 1 aromatic heterocycles. The molecule has 6 heteroatoms. The minimum atomic E-state index is -0.136. The molecule has 19 heavy (non-hydrogen) atoms. The highest BCUT2D eigenvalue weighted by Crippen LogP contribution is 2.19. The number of carbonyl (C=O) groups is 2. The predicted molar refractivity (Wildman–Crippen MR) is 68.2 cm³/mol. The third-order valence-corrected chi connectivity index (χ3v) is 3.37. The highest BCUT2D eigenvalue weighted by Gasteiger charge is 2.28. The van der Waals surface area contributed by atoms with Crippen molar-refractivity contribution in [2.24, 2.45) is 5.92 Å². The van der Waals surface area contributed by atoms with Crippen LogP contribution in [0.3, 0.4) is 0 Å². The molecule has 1 N–H and O–H groups in total. The lowest BCUT2D eigenvalue weighted by Crippen LogP contribution is -2.41. The van der Waals surface area contributed by atoms with E-state index in [1.165, 1.54) is 0 Å². The first-order valence-corrected chi connectivity index (χ1v) is 6.63. The lowest BCUT2D eigenvalue weighted by Gasteiger charge is -2.30. The van der Waals surface area contributed by atoms with Gasteiger partial charge in [-0.15, -0.1) is 0 Å². The smallest absolute Gasteiger partial charge is 0.309 e.